The molecule has 8 heteroatoms. The van der Waals surface area contributed by atoms with Gasteiger partial charge in [0.15, 0.2) is 0 Å². The van der Waals surface area contributed by atoms with E-state index in [2.05, 4.69) is 26.0 Å². The van der Waals surface area contributed by atoms with E-state index >= 15 is 0 Å². The molecule has 0 radical (unpaired) electrons. The van der Waals surface area contributed by atoms with E-state index < -0.39 is 0 Å². The second kappa shape index (κ2) is 6.58. The van der Waals surface area contributed by atoms with Crippen LogP contribution in [0.25, 0.3) is 0 Å². The zero-order chi connectivity index (χ0) is 11.9. The number of aromatic nitrogens is 3. The van der Waals surface area contributed by atoms with E-state index in [4.69, 9.17) is 4.74 Å². The van der Waals surface area contributed by atoms with Crippen LogP contribution in [0.3, 0.4) is 0 Å². The highest BCUT2D eigenvalue weighted by Crippen LogP contribution is 2.10. The highest BCUT2D eigenvalue weighted by Gasteiger charge is 2.20. The van der Waals surface area contributed by atoms with Crippen molar-refractivity contribution in [3.8, 4) is 0 Å². The van der Waals surface area contributed by atoms with Crippen molar-refractivity contribution in [1.29, 1.82) is 0 Å². The number of thioether (sulfide) groups is 1. The Morgan fingerprint density at radius 2 is 2.65 bits per heavy atom. The van der Waals surface area contributed by atoms with Gasteiger partial charge in [-0.1, -0.05) is 0 Å². The van der Waals surface area contributed by atoms with E-state index in [1.165, 1.54) is 11.8 Å². The Bertz CT molecular complexity index is 339. The molecule has 1 aromatic rings. The van der Waals surface area contributed by atoms with E-state index in [-0.39, 0.29) is 12.0 Å². The molecule has 2 rings (SSSR count). The first-order valence-electron chi connectivity index (χ1n) is 5.45. The van der Waals surface area contributed by atoms with Crippen LogP contribution in [0.5, 0.6) is 0 Å². The summed E-state index contributed by atoms with van der Waals surface area (Å²) in [7, 11) is 0. The van der Waals surface area contributed by atoms with Gasteiger partial charge in [-0.05, 0) is 0 Å². The molecule has 1 saturated heterocycles. The lowest BCUT2D eigenvalue weighted by Crippen LogP contribution is -2.48. The fourth-order valence-corrected chi connectivity index (χ4v) is 2.08. The number of hydrogen-bond acceptors (Lipinski definition) is 6. The van der Waals surface area contributed by atoms with Crippen molar-refractivity contribution in [2.24, 2.45) is 0 Å². The van der Waals surface area contributed by atoms with Gasteiger partial charge in [0.05, 0.1) is 12.8 Å². The molecule has 1 amide bonds. The maximum Gasteiger partial charge on any atom is 0.250 e. The standard InChI is InChI=1S/C9H15N5O2S/c15-9(7-5-10-1-3-16-7)11-2-4-17-8-6-12-14-13-8/h6-7,10H,1-5H2,(H,11,15)(H,12,13,14)/t7-/m0/s1. The van der Waals surface area contributed by atoms with Gasteiger partial charge in [0.2, 0.25) is 5.91 Å². The maximum atomic E-state index is 11.6. The third-order valence-corrected chi connectivity index (χ3v) is 3.16. The molecule has 1 aromatic heterocycles. The van der Waals surface area contributed by atoms with Gasteiger partial charge in [-0.3, -0.25) is 4.79 Å². The average Bonchev–Trinajstić information content (AvgIpc) is 2.88. The van der Waals surface area contributed by atoms with Gasteiger partial charge in [0.1, 0.15) is 11.1 Å². The van der Waals surface area contributed by atoms with E-state index in [1.54, 1.807) is 6.20 Å². The Hall–Kier alpha value is -1.12. The van der Waals surface area contributed by atoms with Crippen LogP contribution in [0.2, 0.25) is 0 Å². The quantitative estimate of drug-likeness (QED) is 0.463. The van der Waals surface area contributed by atoms with Gasteiger partial charge in [-0.15, -0.1) is 16.9 Å². The minimum atomic E-state index is -0.360. The number of nitrogens with one attached hydrogen (secondary N) is 3. The molecule has 0 aliphatic carbocycles. The van der Waals surface area contributed by atoms with Gasteiger partial charge in [-0.25, -0.2) is 0 Å². The zero-order valence-corrected chi connectivity index (χ0v) is 10.1. The van der Waals surface area contributed by atoms with Crippen LogP contribution < -0.4 is 10.6 Å². The SMILES string of the molecule is O=C(NCCSc1cn[nH]n1)[C@@H]1CNCCO1. The minimum Gasteiger partial charge on any atom is -0.366 e. The van der Waals surface area contributed by atoms with Crippen LogP contribution >= 0.6 is 11.8 Å². The molecule has 2 heterocycles. The molecule has 0 unspecified atom stereocenters. The lowest BCUT2D eigenvalue weighted by Gasteiger charge is -2.22. The van der Waals surface area contributed by atoms with E-state index in [1.807, 2.05) is 0 Å². The van der Waals surface area contributed by atoms with E-state index in [9.17, 15) is 4.79 Å². The Kier molecular flexibility index (Phi) is 4.77. The number of rotatable bonds is 5. The molecule has 1 aliphatic rings. The number of ether oxygens (including phenoxy) is 1. The molecule has 94 valence electrons. The van der Waals surface area contributed by atoms with Crippen molar-refractivity contribution >= 4 is 17.7 Å². The van der Waals surface area contributed by atoms with Crippen LogP contribution in [0.15, 0.2) is 11.2 Å². The Morgan fingerprint density at radius 3 is 3.35 bits per heavy atom. The minimum absolute atomic E-state index is 0.0575. The normalized spacial score (nSPS) is 20.1. The monoisotopic (exact) mass is 257 g/mol. The summed E-state index contributed by atoms with van der Waals surface area (Å²) >= 11 is 1.54. The third kappa shape index (κ3) is 3.99. The van der Waals surface area contributed by atoms with Gasteiger partial charge in [0.25, 0.3) is 0 Å². The summed E-state index contributed by atoms with van der Waals surface area (Å²) in [6.07, 6.45) is 1.29. The Morgan fingerprint density at radius 1 is 1.71 bits per heavy atom. The topological polar surface area (TPSA) is 91.9 Å². The molecule has 7 nitrogen and oxygen atoms in total. The number of morpholine rings is 1. The lowest BCUT2D eigenvalue weighted by molar-refractivity contribution is -0.134. The number of amides is 1. The van der Waals surface area contributed by atoms with Crippen LogP contribution in [0, 0.1) is 0 Å². The average molecular weight is 257 g/mol. The second-order valence-electron chi connectivity index (χ2n) is 3.51. The smallest absolute Gasteiger partial charge is 0.250 e. The van der Waals surface area contributed by atoms with Gasteiger partial charge in [-0.2, -0.15) is 10.3 Å². The fourth-order valence-electron chi connectivity index (χ4n) is 1.44. The van der Waals surface area contributed by atoms with Crippen molar-refractivity contribution in [1.82, 2.24) is 26.0 Å². The van der Waals surface area contributed by atoms with Crippen LogP contribution in [-0.2, 0) is 9.53 Å². The summed E-state index contributed by atoms with van der Waals surface area (Å²) in [5, 5.41) is 16.9. The lowest BCUT2D eigenvalue weighted by atomic mass is 10.3. The van der Waals surface area contributed by atoms with Crippen molar-refractivity contribution in [3.05, 3.63) is 6.20 Å². The molecule has 17 heavy (non-hydrogen) atoms. The summed E-state index contributed by atoms with van der Waals surface area (Å²) in [5.74, 6) is 0.705. The number of carbonyl (C=O) groups is 1. The number of aromatic amines is 1. The van der Waals surface area contributed by atoms with E-state index in [0.717, 1.165) is 17.3 Å². The first kappa shape index (κ1) is 12.3. The van der Waals surface area contributed by atoms with Gasteiger partial charge in [0, 0.05) is 25.4 Å². The predicted octanol–water partition coefficient (Wildman–Crippen LogP) is -0.999. The van der Waals surface area contributed by atoms with Gasteiger partial charge < -0.3 is 15.4 Å². The molecule has 1 fully saturated rings. The second-order valence-corrected chi connectivity index (χ2v) is 4.63. The summed E-state index contributed by atoms with van der Waals surface area (Å²) in [6.45, 7) is 2.58. The fraction of sp³-hybridized carbons (Fsp3) is 0.667. The molecule has 0 bridgehead atoms. The summed E-state index contributed by atoms with van der Waals surface area (Å²) in [5.41, 5.74) is 0. The summed E-state index contributed by atoms with van der Waals surface area (Å²) < 4.78 is 5.33. The van der Waals surface area contributed by atoms with Crippen molar-refractivity contribution in [2.75, 3.05) is 32.0 Å². The molecule has 0 aromatic carbocycles. The molecule has 0 spiro atoms. The molecular weight excluding hydrogens is 242 g/mol. The molecular formula is C9H15N5O2S. The Balaban J connectivity index is 1.59. The maximum absolute atomic E-state index is 11.6. The molecule has 1 atom stereocenters. The Labute approximate surface area is 103 Å². The summed E-state index contributed by atoms with van der Waals surface area (Å²) in [6, 6.07) is 0. The molecule has 3 N–H and O–H groups in total. The number of nitrogens with zero attached hydrogens (tertiary/aromatic N) is 2. The van der Waals surface area contributed by atoms with Crippen molar-refractivity contribution < 1.29 is 9.53 Å². The van der Waals surface area contributed by atoms with Crippen molar-refractivity contribution in [3.63, 3.8) is 0 Å². The summed E-state index contributed by atoms with van der Waals surface area (Å²) in [4.78, 5) is 11.6. The van der Waals surface area contributed by atoms with Crippen LogP contribution in [0.4, 0.5) is 0 Å². The first-order chi connectivity index (χ1) is 8.36. The number of H-pyrrole nitrogens is 1. The highest BCUT2D eigenvalue weighted by molar-refractivity contribution is 7.99. The van der Waals surface area contributed by atoms with Crippen LogP contribution in [-0.4, -0.2) is 59.4 Å². The largest absolute Gasteiger partial charge is 0.366 e. The van der Waals surface area contributed by atoms with E-state index in [0.29, 0.717) is 19.7 Å². The number of hydrogen-bond donors (Lipinski definition) is 3. The van der Waals surface area contributed by atoms with Gasteiger partial charge >= 0.3 is 0 Å². The number of carbonyl (C=O) groups excluding carboxylic acids is 1. The van der Waals surface area contributed by atoms with Crippen molar-refractivity contribution in [2.45, 2.75) is 11.1 Å². The zero-order valence-electron chi connectivity index (χ0n) is 9.31. The first-order valence-corrected chi connectivity index (χ1v) is 6.43. The third-order valence-electron chi connectivity index (χ3n) is 2.26. The predicted molar refractivity (Wildman–Crippen MR) is 62.7 cm³/mol. The molecule has 1 aliphatic heterocycles. The van der Waals surface area contributed by atoms with Crippen LogP contribution in [0.1, 0.15) is 0 Å². The molecule has 0 saturated carbocycles. The highest BCUT2D eigenvalue weighted by atomic mass is 32.2.